The van der Waals surface area contributed by atoms with E-state index in [1.54, 1.807) is 23.4 Å². The van der Waals surface area contributed by atoms with E-state index < -0.39 is 15.9 Å². The molecule has 2 aromatic rings. The third kappa shape index (κ3) is 3.77. The van der Waals surface area contributed by atoms with Gasteiger partial charge in [-0.05, 0) is 24.3 Å². The Morgan fingerprint density at radius 1 is 1.07 bits per heavy atom. The number of amides is 2. The van der Waals surface area contributed by atoms with E-state index in [9.17, 15) is 18.0 Å². The van der Waals surface area contributed by atoms with Gasteiger partial charge in [-0.3, -0.25) is 9.59 Å². The fourth-order valence-electron chi connectivity index (χ4n) is 3.41. The summed E-state index contributed by atoms with van der Waals surface area (Å²) in [6.45, 7) is 2.14. The van der Waals surface area contributed by atoms with Gasteiger partial charge in [0.15, 0.2) is 0 Å². The zero-order valence-corrected chi connectivity index (χ0v) is 16.9. The Bertz CT molecular complexity index is 1060. The minimum Gasteiger partial charge on any atom is -0.337 e. The fourth-order valence-corrected chi connectivity index (χ4v) is 5.11. The molecule has 152 valence electrons. The first-order valence-corrected chi connectivity index (χ1v) is 11.0. The smallest absolute Gasteiger partial charge is 0.255 e. The van der Waals surface area contributed by atoms with Crippen LogP contribution in [0.1, 0.15) is 16.8 Å². The largest absolute Gasteiger partial charge is 0.337 e. The monoisotopic (exact) mass is 435 g/mol. The van der Waals surface area contributed by atoms with Crippen molar-refractivity contribution in [3.63, 3.8) is 0 Å². The third-order valence-electron chi connectivity index (χ3n) is 4.90. The lowest BCUT2D eigenvalue weighted by Crippen LogP contribution is -2.49. The molecule has 0 aliphatic carbocycles. The quantitative estimate of drug-likeness (QED) is 0.712. The summed E-state index contributed by atoms with van der Waals surface area (Å²) in [7, 11) is -3.68. The number of hydrogen-bond donors (Lipinski definition) is 0. The molecule has 4 rings (SSSR count). The van der Waals surface area contributed by atoms with Crippen molar-refractivity contribution in [2.75, 3.05) is 41.1 Å². The molecule has 1 aromatic heterocycles. The van der Waals surface area contributed by atoms with Crippen molar-refractivity contribution in [1.82, 2.24) is 14.9 Å². The standard InChI is InChI=1S/C18H18ClN5O4S/c19-15-12-13(24-16(25)4-11-29(24,27)28)2-3-14(15)17(26)22-7-9-23(10-8-22)18-20-5-1-6-21-18/h1-3,5-6,12H,4,7-11H2. The molecule has 1 aromatic carbocycles. The van der Waals surface area contributed by atoms with Crippen LogP contribution in [0.5, 0.6) is 0 Å². The molecule has 2 aliphatic rings. The molecule has 3 heterocycles. The molecule has 0 unspecified atom stereocenters. The Hall–Kier alpha value is -2.72. The van der Waals surface area contributed by atoms with Crippen molar-refractivity contribution >= 4 is 45.1 Å². The predicted octanol–water partition coefficient (Wildman–Crippen LogP) is 1.16. The van der Waals surface area contributed by atoms with E-state index in [1.165, 1.54) is 18.2 Å². The van der Waals surface area contributed by atoms with Gasteiger partial charge in [-0.1, -0.05) is 11.6 Å². The number of sulfonamides is 1. The topological polar surface area (TPSA) is 104 Å². The molecule has 9 nitrogen and oxygen atoms in total. The van der Waals surface area contributed by atoms with Gasteiger partial charge in [0.1, 0.15) is 0 Å². The zero-order valence-electron chi connectivity index (χ0n) is 15.4. The highest BCUT2D eigenvalue weighted by atomic mass is 35.5. The number of anilines is 2. The molecule has 0 N–H and O–H groups in total. The second kappa shape index (κ2) is 7.60. The second-order valence-electron chi connectivity index (χ2n) is 6.72. The Labute approximate surface area is 173 Å². The molecular formula is C18H18ClN5O4S. The summed E-state index contributed by atoms with van der Waals surface area (Å²) in [5, 5.41) is 0.108. The number of carbonyl (C=O) groups excluding carboxylic acids is 2. The minimum atomic E-state index is -3.68. The summed E-state index contributed by atoms with van der Waals surface area (Å²) in [4.78, 5) is 36.9. The number of nitrogens with zero attached hydrogens (tertiary/aromatic N) is 5. The molecule has 0 radical (unpaired) electrons. The SMILES string of the molecule is O=C(c1ccc(N2C(=O)CCS2(=O)=O)cc1Cl)N1CCN(c2ncccn2)CC1. The van der Waals surface area contributed by atoms with E-state index >= 15 is 0 Å². The van der Waals surface area contributed by atoms with Gasteiger partial charge in [-0.15, -0.1) is 0 Å². The summed E-state index contributed by atoms with van der Waals surface area (Å²) in [6.07, 6.45) is 3.29. The molecule has 2 aliphatic heterocycles. The third-order valence-corrected chi connectivity index (χ3v) is 6.90. The summed E-state index contributed by atoms with van der Waals surface area (Å²) >= 11 is 6.28. The van der Waals surface area contributed by atoms with Crippen molar-refractivity contribution in [2.45, 2.75) is 6.42 Å². The van der Waals surface area contributed by atoms with E-state index in [4.69, 9.17) is 11.6 Å². The normalized spacial score (nSPS) is 18.9. The first-order chi connectivity index (χ1) is 13.9. The van der Waals surface area contributed by atoms with Crippen molar-refractivity contribution in [1.29, 1.82) is 0 Å². The highest BCUT2D eigenvalue weighted by Crippen LogP contribution is 2.30. The number of halogens is 1. The molecule has 0 atom stereocenters. The summed E-state index contributed by atoms with van der Waals surface area (Å²) in [5.41, 5.74) is 0.420. The van der Waals surface area contributed by atoms with Crippen LogP contribution in [0.25, 0.3) is 0 Å². The molecular weight excluding hydrogens is 418 g/mol. The van der Waals surface area contributed by atoms with Crippen LogP contribution >= 0.6 is 11.6 Å². The molecule has 29 heavy (non-hydrogen) atoms. The van der Waals surface area contributed by atoms with Gasteiger partial charge in [-0.2, -0.15) is 0 Å². The van der Waals surface area contributed by atoms with Gasteiger partial charge in [-0.25, -0.2) is 22.7 Å². The number of carbonyl (C=O) groups is 2. The van der Waals surface area contributed by atoms with Crippen molar-refractivity contribution in [3.8, 4) is 0 Å². The molecule has 11 heteroatoms. The molecule has 2 amide bonds. The van der Waals surface area contributed by atoms with Gasteiger partial charge in [0, 0.05) is 45.0 Å². The van der Waals surface area contributed by atoms with Crippen LogP contribution in [0.15, 0.2) is 36.7 Å². The number of hydrogen-bond acceptors (Lipinski definition) is 7. The van der Waals surface area contributed by atoms with E-state index in [2.05, 4.69) is 9.97 Å². The van der Waals surface area contributed by atoms with Crippen LogP contribution in [-0.2, 0) is 14.8 Å². The highest BCUT2D eigenvalue weighted by molar-refractivity contribution is 7.94. The zero-order chi connectivity index (χ0) is 20.6. The Balaban J connectivity index is 1.48. The first-order valence-electron chi connectivity index (χ1n) is 9.03. The number of aromatic nitrogens is 2. The fraction of sp³-hybridized carbons (Fsp3) is 0.333. The summed E-state index contributed by atoms with van der Waals surface area (Å²) in [6, 6.07) is 6.00. The number of rotatable bonds is 3. The Kier molecular flexibility index (Phi) is 5.13. The van der Waals surface area contributed by atoms with Crippen LogP contribution in [0.2, 0.25) is 5.02 Å². The van der Waals surface area contributed by atoms with Crippen LogP contribution < -0.4 is 9.21 Å². The van der Waals surface area contributed by atoms with E-state index in [-0.39, 0.29) is 34.4 Å². The molecule has 0 bridgehead atoms. The molecule has 2 fully saturated rings. The minimum absolute atomic E-state index is 0.0595. The van der Waals surface area contributed by atoms with Gasteiger partial charge in [0.25, 0.3) is 5.91 Å². The van der Waals surface area contributed by atoms with Gasteiger partial charge < -0.3 is 9.80 Å². The average Bonchev–Trinajstić information content (AvgIpc) is 3.00. The van der Waals surface area contributed by atoms with Gasteiger partial charge in [0.05, 0.1) is 22.0 Å². The lowest BCUT2D eigenvalue weighted by atomic mass is 10.1. The van der Waals surface area contributed by atoms with Crippen LogP contribution in [-0.4, -0.2) is 67.0 Å². The second-order valence-corrected chi connectivity index (χ2v) is 9.06. The molecule has 0 saturated carbocycles. The van der Waals surface area contributed by atoms with Gasteiger partial charge >= 0.3 is 0 Å². The van der Waals surface area contributed by atoms with Crippen molar-refractivity contribution in [3.05, 3.63) is 47.2 Å². The summed E-state index contributed by atoms with van der Waals surface area (Å²) < 4.78 is 24.9. The Morgan fingerprint density at radius 3 is 2.34 bits per heavy atom. The van der Waals surface area contributed by atoms with E-state index in [0.717, 1.165) is 4.31 Å². The lowest BCUT2D eigenvalue weighted by molar-refractivity contribution is -0.116. The number of benzene rings is 1. The summed E-state index contributed by atoms with van der Waals surface area (Å²) in [5.74, 6) is -0.344. The van der Waals surface area contributed by atoms with E-state index in [1.807, 2.05) is 4.90 Å². The van der Waals surface area contributed by atoms with Crippen LogP contribution in [0, 0.1) is 0 Å². The number of piperazine rings is 1. The maximum absolute atomic E-state index is 12.9. The van der Waals surface area contributed by atoms with E-state index in [0.29, 0.717) is 32.1 Å². The maximum atomic E-state index is 12.9. The Morgan fingerprint density at radius 2 is 1.76 bits per heavy atom. The van der Waals surface area contributed by atoms with Gasteiger partial charge in [0.2, 0.25) is 21.9 Å². The van der Waals surface area contributed by atoms with Crippen LogP contribution in [0.4, 0.5) is 11.6 Å². The highest BCUT2D eigenvalue weighted by Gasteiger charge is 2.36. The van der Waals surface area contributed by atoms with Crippen LogP contribution in [0.3, 0.4) is 0 Å². The molecule has 2 saturated heterocycles. The maximum Gasteiger partial charge on any atom is 0.255 e. The molecule has 0 spiro atoms. The first kappa shape index (κ1) is 19.6. The van der Waals surface area contributed by atoms with Crippen molar-refractivity contribution in [2.24, 2.45) is 0 Å². The van der Waals surface area contributed by atoms with Crippen molar-refractivity contribution < 1.29 is 18.0 Å². The lowest BCUT2D eigenvalue weighted by Gasteiger charge is -2.34. The average molecular weight is 436 g/mol. The predicted molar refractivity (Wildman–Crippen MR) is 107 cm³/mol.